The Labute approximate surface area is 115 Å². The molecule has 0 nitrogen and oxygen atoms in total. The summed E-state index contributed by atoms with van der Waals surface area (Å²) >= 11 is 0. The standard InChI is InChI=1S/C18H15P/c1-14-12-17(15-8-4-2-5-9-15)19-18(13-14)16-10-6-3-7-11-16/h2-13H,1H3. The smallest absolute Gasteiger partial charge is 0.00987 e. The van der Waals surface area contributed by atoms with Crippen LogP contribution >= 0.6 is 8.19 Å². The lowest BCUT2D eigenvalue weighted by Crippen LogP contribution is -1.79. The summed E-state index contributed by atoms with van der Waals surface area (Å²) in [7, 11) is 1.28. The van der Waals surface area contributed by atoms with Gasteiger partial charge in [0, 0.05) is 10.6 Å². The van der Waals surface area contributed by atoms with Crippen molar-refractivity contribution in [2.24, 2.45) is 0 Å². The Hall–Kier alpha value is -1.91. The molecule has 1 heteroatoms. The molecule has 3 rings (SSSR count). The Morgan fingerprint density at radius 1 is 0.632 bits per heavy atom. The molecule has 0 saturated carbocycles. The van der Waals surface area contributed by atoms with E-state index in [1.54, 1.807) is 0 Å². The first kappa shape index (κ1) is 12.1. The predicted octanol–water partition coefficient (Wildman–Crippen LogP) is 5.91. The Morgan fingerprint density at radius 2 is 1.05 bits per heavy atom. The van der Waals surface area contributed by atoms with E-state index < -0.39 is 0 Å². The molecule has 0 aliphatic heterocycles. The summed E-state index contributed by atoms with van der Waals surface area (Å²) in [5, 5.41) is 2.75. The Balaban J connectivity index is 2.12. The third-order valence-corrected chi connectivity index (χ3v) is 4.37. The van der Waals surface area contributed by atoms with Crippen LogP contribution in [0.2, 0.25) is 0 Å². The van der Waals surface area contributed by atoms with Crippen LogP contribution in [0.5, 0.6) is 0 Å². The van der Waals surface area contributed by atoms with E-state index in [1.165, 1.54) is 35.5 Å². The number of rotatable bonds is 2. The average Bonchev–Trinajstić information content (AvgIpc) is 2.48. The summed E-state index contributed by atoms with van der Waals surface area (Å²) in [6.07, 6.45) is 0. The summed E-state index contributed by atoms with van der Waals surface area (Å²) in [6, 6.07) is 25.8. The minimum atomic E-state index is 1.28. The second kappa shape index (κ2) is 5.38. The van der Waals surface area contributed by atoms with E-state index in [-0.39, 0.29) is 0 Å². The van der Waals surface area contributed by atoms with Gasteiger partial charge >= 0.3 is 0 Å². The molecule has 0 bridgehead atoms. The van der Waals surface area contributed by atoms with E-state index in [9.17, 15) is 0 Å². The van der Waals surface area contributed by atoms with Crippen LogP contribution in [0.1, 0.15) is 5.56 Å². The summed E-state index contributed by atoms with van der Waals surface area (Å²) in [4.78, 5) is 0. The van der Waals surface area contributed by atoms with Gasteiger partial charge in [-0.2, -0.15) is 0 Å². The van der Waals surface area contributed by atoms with Gasteiger partial charge < -0.3 is 0 Å². The zero-order valence-electron chi connectivity index (χ0n) is 10.9. The van der Waals surface area contributed by atoms with E-state index in [2.05, 4.69) is 79.7 Å². The van der Waals surface area contributed by atoms with Gasteiger partial charge in [-0.25, -0.2) is 0 Å². The lowest BCUT2D eigenvalue weighted by molar-refractivity contribution is 1.50. The first-order valence-corrected chi connectivity index (χ1v) is 7.32. The van der Waals surface area contributed by atoms with Crippen molar-refractivity contribution in [3.63, 3.8) is 0 Å². The molecule has 0 saturated heterocycles. The molecule has 0 spiro atoms. The van der Waals surface area contributed by atoms with E-state index >= 15 is 0 Å². The molecule has 0 amide bonds. The van der Waals surface area contributed by atoms with Crippen LogP contribution in [0.15, 0.2) is 72.8 Å². The highest BCUT2D eigenvalue weighted by Crippen LogP contribution is 2.37. The van der Waals surface area contributed by atoms with Gasteiger partial charge in [-0.3, -0.25) is 0 Å². The molecule has 3 aromatic rings. The monoisotopic (exact) mass is 262 g/mol. The van der Waals surface area contributed by atoms with Crippen molar-refractivity contribution in [2.75, 3.05) is 0 Å². The van der Waals surface area contributed by atoms with Crippen LogP contribution in [-0.4, -0.2) is 0 Å². The maximum absolute atomic E-state index is 2.28. The van der Waals surface area contributed by atoms with Gasteiger partial charge in [-0.05, 0) is 35.7 Å². The highest BCUT2D eigenvalue weighted by Gasteiger charge is 2.03. The quantitative estimate of drug-likeness (QED) is 0.538. The highest BCUT2D eigenvalue weighted by molar-refractivity contribution is 7.37. The molecule has 0 aliphatic rings. The number of benzene rings is 2. The van der Waals surface area contributed by atoms with Crippen molar-refractivity contribution in [3.8, 4) is 21.7 Å². The van der Waals surface area contributed by atoms with Crippen LogP contribution in [0, 0.1) is 6.92 Å². The van der Waals surface area contributed by atoms with Crippen LogP contribution < -0.4 is 0 Å². The maximum atomic E-state index is 2.28. The van der Waals surface area contributed by atoms with Crippen molar-refractivity contribution in [1.29, 1.82) is 0 Å². The van der Waals surface area contributed by atoms with Crippen LogP contribution in [-0.2, 0) is 0 Å². The van der Waals surface area contributed by atoms with Gasteiger partial charge in [-0.15, -0.1) is 0 Å². The molecular weight excluding hydrogens is 247 g/mol. The predicted molar refractivity (Wildman–Crippen MR) is 84.6 cm³/mol. The fourth-order valence-corrected chi connectivity index (χ4v) is 3.53. The minimum Gasteiger partial charge on any atom is -0.0622 e. The molecular formula is C18H15P. The molecule has 0 fully saturated rings. The molecule has 92 valence electrons. The molecule has 0 N–H and O–H groups in total. The summed E-state index contributed by atoms with van der Waals surface area (Å²) in [6.45, 7) is 2.17. The molecule has 1 heterocycles. The third-order valence-electron chi connectivity index (χ3n) is 3.11. The third kappa shape index (κ3) is 2.75. The van der Waals surface area contributed by atoms with E-state index in [4.69, 9.17) is 0 Å². The maximum Gasteiger partial charge on any atom is 0.00987 e. The number of aryl methyl sites for hydroxylation is 1. The highest BCUT2D eigenvalue weighted by atomic mass is 31.0. The Kier molecular flexibility index (Phi) is 3.44. The molecule has 1 aromatic heterocycles. The van der Waals surface area contributed by atoms with Crippen molar-refractivity contribution >= 4 is 8.19 Å². The van der Waals surface area contributed by atoms with Gasteiger partial charge in [0.25, 0.3) is 0 Å². The van der Waals surface area contributed by atoms with Gasteiger partial charge in [0.15, 0.2) is 0 Å². The second-order valence-corrected chi connectivity index (χ2v) is 5.83. The average molecular weight is 262 g/mol. The largest absolute Gasteiger partial charge is 0.0622 e. The Bertz CT molecular complexity index is 615. The molecule has 2 aromatic carbocycles. The Morgan fingerprint density at radius 3 is 1.47 bits per heavy atom. The molecule has 0 radical (unpaired) electrons. The van der Waals surface area contributed by atoms with Crippen molar-refractivity contribution in [1.82, 2.24) is 0 Å². The molecule has 0 atom stereocenters. The summed E-state index contributed by atoms with van der Waals surface area (Å²) < 4.78 is 0. The first-order chi connectivity index (χ1) is 9.33. The van der Waals surface area contributed by atoms with Crippen LogP contribution in [0.3, 0.4) is 0 Å². The van der Waals surface area contributed by atoms with Gasteiger partial charge in [0.2, 0.25) is 0 Å². The molecule has 19 heavy (non-hydrogen) atoms. The number of hydrogen-bond acceptors (Lipinski definition) is 0. The van der Waals surface area contributed by atoms with Gasteiger partial charge in [0.1, 0.15) is 0 Å². The molecule has 0 aliphatic carbocycles. The lowest BCUT2D eigenvalue weighted by atomic mass is 10.1. The van der Waals surface area contributed by atoms with Gasteiger partial charge in [0.05, 0.1) is 0 Å². The lowest BCUT2D eigenvalue weighted by Gasteiger charge is -2.07. The van der Waals surface area contributed by atoms with Crippen molar-refractivity contribution in [2.45, 2.75) is 6.92 Å². The van der Waals surface area contributed by atoms with Crippen molar-refractivity contribution < 1.29 is 0 Å². The first-order valence-electron chi connectivity index (χ1n) is 6.42. The second-order valence-electron chi connectivity index (χ2n) is 4.65. The van der Waals surface area contributed by atoms with Gasteiger partial charge in [-0.1, -0.05) is 68.9 Å². The van der Waals surface area contributed by atoms with Crippen molar-refractivity contribution in [3.05, 3.63) is 78.4 Å². The van der Waals surface area contributed by atoms with E-state index in [0.29, 0.717) is 0 Å². The SMILES string of the molecule is Cc1cc(-c2ccccc2)pc(-c2ccccc2)c1. The normalized spacial score (nSPS) is 10.4. The van der Waals surface area contributed by atoms with Crippen LogP contribution in [0.4, 0.5) is 0 Å². The van der Waals surface area contributed by atoms with E-state index in [1.807, 2.05) is 0 Å². The van der Waals surface area contributed by atoms with E-state index in [0.717, 1.165) is 0 Å². The topological polar surface area (TPSA) is 0 Å². The molecule has 0 unspecified atom stereocenters. The minimum absolute atomic E-state index is 1.28. The summed E-state index contributed by atoms with van der Waals surface area (Å²) in [5.74, 6) is 0. The fraction of sp³-hybridized carbons (Fsp3) is 0.0556. The summed E-state index contributed by atoms with van der Waals surface area (Å²) in [5.41, 5.74) is 3.94. The fourth-order valence-electron chi connectivity index (χ4n) is 2.18. The number of hydrogen-bond donors (Lipinski definition) is 0. The zero-order chi connectivity index (χ0) is 13.1. The van der Waals surface area contributed by atoms with Crippen LogP contribution in [0.25, 0.3) is 21.7 Å². The zero-order valence-corrected chi connectivity index (χ0v) is 11.8.